The number of Topliss-reactive ketones (excluding diaryl/α,β-unsaturated/α-hetero) is 1. The first-order chi connectivity index (χ1) is 16.9. The summed E-state index contributed by atoms with van der Waals surface area (Å²) in [4.78, 5) is 16.1. The Hall–Kier alpha value is -4.19. The molecule has 0 N–H and O–H groups in total. The minimum Gasteiger partial charge on any atom is -0.497 e. The Kier molecular flexibility index (Phi) is 5.52. The maximum absolute atomic E-state index is 14.0. The largest absolute Gasteiger partial charge is 0.497 e. The summed E-state index contributed by atoms with van der Waals surface area (Å²) >= 11 is 0. The lowest BCUT2D eigenvalue weighted by Gasteiger charge is -2.34. The third-order valence-electron chi connectivity index (χ3n) is 6.71. The van der Waals surface area contributed by atoms with E-state index in [1.165, 1.54) is 0 Å². The van der Waals surface area contributed by atoms with Crippen molar-refractivity contribution in [1.29, 1.82) is 0 Å². The SMILES string of the molecule is COc1ccc2cc(C3=C(c4cc(OC)c(OC)c(OC)c4)C(=O)C4(C)C=CC=CN34)ccc2c1. The first kappa shape index (κ1) is 22.6. The van der Waals surface area contributed by atoms with E-state index >= 15 is 0 Å². The van der Waals surface area contributed by atoms with Crippen LogP contribution in [-0.2, 0) is 4.79 Å². The molecular formula is C29H27NO5. The first-order valence-corrected chi connectivity index (χ1v) is 11.3. The van der Waals surface area contributed by atoms with Gasteiger partial charge in [0.1, 0.15) is 11.3 Å². The number of fused-ring (bicyclic) bond motifs is 2. The van der Waals surface area contributed by atoms with Gasteiger partial charge in [0.05, 0.1) is 39.7 Å². The monoisotopic (exact) mass is 469 g/mol. The van der Waals surface area contributed by atoms with Crippen molar-refractivity contribution in [2.24, 2.45) is 0 Å². The van der Waals surface area contributed by atoms with Gasteiger partial charge in [0.15, 0.2) is 17.3 Å². The molecule has 0 saturated carbocycles. The van der Waals surface area contributed by atoms with Gasteiger partial charge < -0.3 is 23.8 Å². The van der Waals surface area contributed by atoms with Gasteiger partial charge in [-0.1, -0.05) is 30.4 Å². The van der Waals surface area contributed by atoms with E-state index in [2.05, 4.69) is 12.1 Å². The van der Waals surface area contributed by atoms with Crippen molar-refractivity contribution in [2.45, 2.75) is 12.5 Å². The third-order valence-corrected chi connectivity index (χ3v) is 6.71. The van der Waals surface area contributed by atoms with Crippen LogP contribution in [0.15, 0.2) is 73.0 Å². The average Bonchev–Trinajstić information content (AvgIpc) is 3.13. The number of ether oxygens (including phenoxy) is 4. The summed E-state index contributed by atoms with van der Waals surface area (Å²) in [5.41, 5.74) is 2.21. The zero-order valence-electron chi connectivity index (χ0n) is 20.4. The van der Waals surface area contributed by atoms with E-state index in [1.807, 2.05) is 72.6 Å². The molecule has 3 aromatic carbocycles. The highest BCUT2D eigenvalue weighted by molar-refractivity contribution is 6.35. The highest BCUT2D eigenvalue weighted by Gasteiger charge is 2.48. The topological polar surface area (TPSA) is 57.2 Å². The third kappa shape index (κ3) is 3.44. The summed E-state index contributed by atoms with van der Waals surface area (Å²) in [6.07, 6.45) is 7.75. The number of carbonyl (C=O) groups is 1. The van der Waals surface area contributed by atoms with Crippen LogP contribution in [0.1, 0.15) is 18.1 Å². The van der Waals surface area contributed by atoms with Crippen LogP contribution >= 0.6 is 0 Å². The fraction of sp³-hybridized carbons (Fsp3) is 0.207. The van der Waals surface area contributed by atoms with Crippen molar-refractivity contribution in [3.63, 3.8) is 0 Å². The number of hydrogen-bond acceptors (Lipinski definition) is 6. The average molecular weight is 470 g/mol. The van der Waals surface area contributed by atoms with E-state index in [4.69, 9.17) is 18.9 Å². The van der Waals surface area contributed by atoms with Gasteiger partial charge in [-0.15, -0.1) is 0 Å². The molecule has 0 spiro atoms. The van der Waals surface area contributed by atoms with Crippen molar-refractivity contribution in [2.75, 3.05) is 28.4 Å². The summed E-state index contributed by atoms with van der Waals surface area (Å²) in [7, 11) is 6.36. The zero-order chi connectivity index (χ0) is 24.7. The summed E-state index contributed by atoms with van der Waals surface area (Å²) < 4.78 is 22.0. The van der Waals surface area contributed by atoms with E-state index in [-0.39, 0.29) is 5.78 Å². The molecule has 6 heteroatoms. The van der Waals surface area contributed by atoms with Gasteiger partial charge >= 0.3 is 0 Å². The summed E-state index contributed by atoms with van der Waals surface area (Å²) in [6, 6.07) is 15.8. The minimum atomic E-state index is -0.839. The van der Waals surface area contributed by atoms with E-state index in [0.717, 1.165) is 27.8 Å². The van der Waals surface area contributed by atoms with Gasteiger partial charge in [-0.2, -0.15) is 0 Å². The van der Waals surface area contributed by atoms with E-state index in [9.17, 15) is 4.79 Å². The van der Waals surface area contributed by atoms with Crippen molar-refractivity contribution in [3.8, 4) is 23.0 Å². The first-order valence-electron chi connectivity index (χ1n) is 11.3. The quantitative estimate of drug-likeness (QED) is 0.477. The van der Waals surface area contributed by atoms with Crippen LogP contribution in [0.2, 0.25) is 0 Å². The number of nitrogens with zero attached hydrogens (tertiary/aromatic N) is 1. The van der Waals surface area contributed by atoms with Crippen LogP contribution in [0.3, 0.4) is 0 Å². The molecule has 2 aliphatic heterocycles. The molecule has 2 heterocycles. The number of rotatable bonds is 6. The van der Waals surface area contributed by atoms with Gasteiger partial charge in [0.25, 0.3) is 0 Å². The minimum absolute atomic E-state index is 0.00259. The molecule has 1 unspecified atom stereocenters. The number of benzene rings is 3. The van der Waals surface area contributed by atoms with Gasteiger partial charge in [0, 0.05) is 6.20 Å². The molecule has 0 bridgehead atoms. The van der Waals surface area contributed by atoms with E-state index in [1.54, 1.807) is 28.4 Å². The van der Waals surface area contributed by atoms with Crippen molar-refractivity contribution in [3.05, 3.63) is 84.1 Å². The predicted octanol–water partition coefficient (Wildman–Crippen LogP) is 5.47. The standard InChI is InChI=1S/C29H27NO5/c1-29-12-6-7-13-30(29)26(20-9-8-19-15-22(32-2)11-10-18(19)14-20)25(28(29)31)21-16-23(33-3)27(35-5)24(17-21)34-4/h6-17H,1-5H3. The molecule has 0 saturated heterocycles. The molecule has 178 valence electrons. The molecule has 1 atom stereocenters. The maximum Gasteiger partial charge on any atom is 0.203 e. The summed E-state index contributed by atoms with van der Waals surface area (Å²) in [6.45, 7) is 1.94. The molecule has 0 fully saturated rings. The molecule has 0 aliphatic carbocycles. The smallest absolute Gasteiger partial charge is 0.203 e. The lowest BCUT2D eigenvalue weighted by Crippen LogP contribution is -2.43. The zero-order valence-corrected chi connectivity index (χ0v) is 20.4. The van der Waals surface area contributed by atoms with E-state index < -0.39 is 5.54 Å². The number of hydrogen-bond donors (Lipinski definition) is 0. The Bertz CT molecular complexity index is 1410. The molecular weight excluding hydrogens is 442 g/mol. The normalized spacial score (nSPS) is 18.8. The molecule has 5 rings (SSSR count). The second kappa shape index (κ2) is 8.55. The molecule has 2 aliphatic rings. The molecule has 3 aromatic rings. The Balaban J connectivity index is 1.79. The van der Waals surface area contributed by atoms with Crippen molar-refractivity contribution >= 4 is 27.8 Å². The Morgan fingerprint density at radius 1 is 0.743 bits per heavy atom. The number of carbonyl (C=O) groups excluding carboxylic acids is 1. The Labute approximate surface area is 204 Å². The highest BCUT2D eigenvalue weighted by Crippen LogP contribution is 2.49. The second-order valence-corrected chi connectivity index (χ2v) is 8.61. The van der Waals surface area contributed by atoms with Crippen LogP contribution in [-0.4, -0.2) is 44.7 Å². The summed E-state index contributed by atoms with van der Waals surface area (Å²) in [5, 5.41) is 2.11. The molecule has 35 heavy (non-hydrogen) atoms. The van der Waals surface area contributed by atoms with Crippen LogP contribution < -0.4 is 18.9 Å². The number of allylic oxidation sites excluding steroid dienone is 2. The van der Waals surface area contributed by atoms with Gasteiger partial charge in [-0.25, -0.2) is 0 Å². The fourth-order valence-electron chi connectivity index (χ4n) is 4.86. The Morgan fingerprint density at radius 3 is 2.09 bits per heavy atom. The molecule has 0 aromatic heterocycles. The van der Waals surface area contributed by atoms with Gasteiger partial charge in [-0.3, -0.25) is 4.79 Å². The van der Waals surface area contributed by atoms with Gasteiger partial charge in [-0.05, 0) is 65.2 Å². The summed E-state index contributed by atoms with van der Waals surface area (Å²) in [5.74, 6) is 2.27. The fourth-order valence-corrected chi connectivity index (χ4v) is 4.86. The predicted molar refractivity (Wildman–Crippen MR) is 137 cm³/mol. The number of ketones is 1. The lowest BCUT2D eigenvalue weighted by atomic mass is 9.89. The molecule has 0 amide bonds. The second-order valence-electron chi connectivity index (χ2n) is 8.61. The van der Waals surface area contributed by atoms with Gasteiger partial charge in [0.2, 0.25) is 5.75 Å². The number of methoxy groups -OCH3 is 4. The van der Waals surface area contributed by atoms with Crippen LogP contribution in [0.5, 0.6) is 23.0 Å². The van der Waals surface area contributed by atoms with Crippen LogP contribution in [0.4, 0.5) is 0 Å². The van der Waals surface area contributed by atoms with Crippen LogP contribution in [0, 0.1) is 0 Å². The van der Waals surface area contributed by atoms with E-state index in [0.29, 0.717) is 28.4 Å². The van der Waals surface area contributed by atoms with Crippen molar-refractivity contribution in [1.82, 2.24) is 4.90 Å². The Morgan fingerprint density at radius 2 is 1.43 bits per heavy atom. The highest BCUT2D eigenvalue weighted by atomic mass is 16.5. The molecule has 6 nitrogen and oxygen atoms in total. The lowest BCUT2D eigenvalue weighted by molar-refractivity contribution is -0.118. The maximum atomic E-state index is 14.0. The molecule has 0 radical (unpaired) electrons. The van der Waals surface area contributed by atoms with Crippen LogP contribution in [0.25, 0.3) is 22.0 Å². The van der Waals surface area contributed by atoms with Crippen molar-refractivity contribution < 1.29 is 23.7 Å².